The maximum atomic E-state index is 12.2. The van der Waals surface area contributed by atoms with Gasteiger partial charge in [0.2, 0.25) is 0 Å². The molecular formula is C15H21NOS. The van der Waals surface area contributed by atoms with Gasteiger partial charge in [0, 0.05) is 10.9 Å². The lowest BCUT2D eigenvalue weighted by molar-refractivity contribution is 0.0908. The highest BCUT2D eigenvalue weighted by molar-refractivity contribution is 7.80. The lowest BCUT2D eigenvalue weighted by atomic mass is 9.80. The van der Waals surface area contributed by atoms with Gasteiger partial charge in [-0.05, 0) is 43.2 Å². The van der Waals surface area contributed by atoms with E-state index in [1.54, 1.807) is 0 Å². The number of carbonyl (C=O) groups excluding carboxylic acids is 1. The van der Waals surface area contributed by atoms with E-state index in [0.717, 1.165) is 17.7 Å². The van der Waals surface area contributed by atoms with Crippen molar-refractivity contribution in [2.24, 2.45) is 11.8 Å². The van der Waals surface area contributed by atoms with Crippen molar-refractivity contribution in [3.05, 3.63) is 29.8 Å². The summed E-state index contributed by atoms with van der Waals surface area (Å²) in [7, 11) is 0. The maximum Gasteiger partial charge on any atom is 0.252 e. The minimum absolute atomic E-state index is 0.00639. The third-order valence-corrected chi connectivity index (χ3v) is 4.05. The summed E-state index contributed by atoms with van der Waals surface area (Å²) in [6, 6.07) is 7.76. The van der Waals surface area contributed by atoms with Crippen LogP contribution in [0.4, 0.5) is 0 Å². The van der Waals surface area contributed by atoms with Crippen LogP contribution in [0.1, 0.15) is 43.5 Å². The number of thiol groups is 1. The van der Waals surface area contributed by atoms with Gasteiger partial charge in [-0.3, -0.25) is 4.79 Å². The van der Waals surface area contributed by atoms with E-state index < -0.39 is 0 Å². The summed E-state index contributed by atoms with van der Waals surface area (Å²) >= 11 is 4.33. The lowest BCUT2D eigenvalue weighted by Crippen LogP contribution is -2.40. The van der Waals surface area contributed by atoms with Gasteiger partial charge in [0.15, 0.2) is 0 Å². The Kier molecular flexibility index (Phi) is 4.33. The number of hydrogen-bond acceptors (Lipinski definition) is 2. The normalized spacial score (nSPS) is 27.8. The van der Waals surface area contributed by atoms with Gasteiger partial charge in [-0.25, -0.2) is 0 Å². The second kappa shape index (κ2) is 5.79. The molecule has 1 aromatic carbocycles. The van der Waals surface area contributed by atoms with Crippen LogP contribution in [0.25, 0.3) is 0 Å². The topological polar surface area (TPSA) is 29.1 Å². The molecule has 18 heavy (non-hydrogen) atoms. The monoisotopic (exact) mass is 263 g/mol. The molecule has 2 atom stereocenters. The first-order valence-electron chi connectivity index (χ1n) is 6.65. The van der Waals surface area contributed by atoms with Crippen LogP contribution in [0.3, 0.4) is 0 Å². The Morgan fingerprint density at radius 1 is 1.17 bits per heavy atom. The second-order valence-corrected chi connectivity index (χ2v) is 6.09. The molecule has 98 valence electrons. The zero-order valence-electron chi connectivity index (χ0n) is 11.0. The summed E-state index contributed by atoms with van der Waals surface area (Å²) in [6.07, 6.45) is 3.45. The Balaban J connectivity index is 2.01. The van der Waals surface area contributed by atoms with E-state index in [1.807, 2.05) is 24.3 Å². The average Bonchev–Trinajstić information content (AvgIpc) is 2.27. The average molecular weight is 263 g/mol. The van der Waals surface area contributed by atoms with Crippen LogP contribution >= 0.6 is 12.6 Å². The molecule has 2 nitrogen and oxygen atoms in total. The minimum atomic E-state index is 0.00639. The van der Waals surface area contributed by atoms with Gasteiger partial charge in [0.05, 0.1) is 5.56 Å². The molecule has 0 radical (unpaired) electrons. The Hall–Kier alpha value is -0.960. The van der Waals surface area contributed by atoms with E-state index >= 15 is 0 Å². The summed E-state index contributed by atoms with van der Waals surface area (Å²) in [6.45, 7) is 4.53. The van der Waals surface area contributed by atoms with Gasteiger partial charge in [-0.2, -0.15) is 0 Å². The van der Waals surface area contributed by atoms with E-state index in [-0.39, 0.29) is 5.91 Å². The highest BCUT2D eigenvalue weighted by Crippen LogP contribution is 2.28. The van der Waals surface area contributed by atoms with E-state index in [4.69, 9.17) is 0 Å². The fraction of sp³-hybridized carbons (Fsp3) is 0.533. The summed E-state index contributed by atoms with van der Waals surface area (Å²) < 4.78 is 0. The van der Waals surface area contributed by atoms with E-state index in [1.165, 1.54) is 6.42 Å². The number of carbonyl (C=O) groups is 1. The van der Waals surface area contributed by atoms with Gasteiger partial charge in [-0.1, -0.05) is 26.0 Å². The molecule has 0 saturated heterocycles. The Labute approximate surface area is 115 Å². The Morgan fingerprint density at radius 3 is 2.39 bits per heavy atom. The van der Waals surface area contributed by atoms with Gasteiger partial charge >= 0.3 is 0 Å². The molecule has 1 fully saturated rings. The molecular weight excluding hydrogens is 242 g/mol. The molecule has 0 bridgehead atoms. The quantitative estimate of drug-likeness (QED) is 0.785. The first kappa shape index (κ1) is 13.5. The van der Waals surface area contributed by atoms with Crippen LogP contribution in [0.15, 0.2) is 29.2 Å². The maximum absolute atomic E-state index is 12.2. The third-order valence-electron chi connectivity index (χ3n) is 3.66. The Bertz CT molecular complexity index is 422. The van der Waals surface area contributed by atoms with Crippen molar-refractivity contribution in [1.82, 2.24) is 5.32 Å². The highest BCUT2D eigenvalue weighted by atomic mass is 32.1. The minimum Gasteiger partial charge on any atom is -0.349 e. The molecule has 1 aliphatic carbocycles. The standard InChI is InChI=1S/C15H21NOS/c1-10-7-11(2)9-12(8-10)16-15(17)13-5-3-4-6-14(13)18/h3-6,10-12,18H,7-9H2,1-2H3,(H,16,17). The number of benzene rings is 1. The van der Waals surface area contributed by atoms with Crippen LogP contribution in [-0.4, -0.2) is 11.9 Å². The van der Waals surface area contributed by atoms with Crippen molar-refractivity contribution in [3.63, 3.8) is 0 Å². The fourth-order valence-corrected chi connectivity index (χ4v) is 3.26. The third kappa shape index (κ3) is 3.29. The molecule has 0 aliphatic heterocycles. The molecule has 1 aliphatic rings. The van der Waals surface area contributed by atoms with Gasteiger partial charge in [0.25, 0.3) is 5.91 Å². The van der Waals surface area contributed by atoms with Crippen LogP contribution < -0.4 is 5.32 Å². The molecule has 2 unspecified atom stereocenters. The summed E-state index contributed by atoms with van der Waals surface area (Å²) in [5.41, 5.74) is 0.673. The van der Waals surface area contributed by atoms with Crippen molar-refractivity contribution in [2.75, 3.05) is 0 Å². The molecule has 3 heteroatoms. The molecule has 0 heterocycles. The smallest absolute Gasteiger partial charge is 0.252 e. The van der Waals surface area contributed by atoms with E-state index in [2.05, 4.69) is 31.8 Å². The summed E-state index contributed by atoms with van der Waals surface area (Å²) in [5.74, 6) is 1.41. The summed E-state index contributed by atoms with van der Waals surface area (Å²) in [5, 5.41) is 3.15. The van der Waals surface area contributed by atoms with Crippen LogP contribution in [0.2, 0.25) is 0 Å². The molecule has 1 N–H and O–H groups in total. The van der Waals surface area contributed by atoms with Gasteiger partial charge < -0.3 is 5.32 Å². The largest absolute Gasteiger partial charge is 0.349 e. The summed E-state index contributed by atoms with van der Waals surface area (Å²) in [4.78, 5) is 12.9. The molecule has 2 rings (SSSR count). The molecule has 0 aromatic heterocycles. The zero-order chi connectivity index (χ0) is 13.1. The SMILES string of the molecule is CC1CC(C)CC(NC(=O)c2ccccc2S)C1. The van der Waals surface area contributed by atoms with Crippen molar-refractivity contribution in [1.29, 1.82) is 0 Å². The van der Waals surface area contributed by atoms with Gasteiger partial charge in [-0.15, -0.1) is 12.6 Å². The number of nitrogens with one attached hydrogen (secondary N) is 1. The number of rotatable bonds is 2. The number of hydrogen-bond donors (Lipinski definition) is 2. The van der Waals surface area contributed by atoms with Crippen LogP contribution in [0, 0.1) is 11.8 Å². The number of amides is 1. The van der Waals surface area contributed by atoms with Crippen molar-refractivity contribution < 1.29 is 4.79 Å². The Morgan fingerprint density at radius 2 is 1.78 bits per heavy atom. The van der Waals surface area contributed by atoms with E-state index in [9.17, 15) is 4.79 Å². The van der Waals surface area contributed by atoms with Crippen LogP contribution in [-0.2, 0) is 0 Å². The van der Waals surface area contributed by atoms with Crippen molar-refractivity contribution in [3.8, 4) is 0 Å². The fourth-order valence-electron chi connectivity index (χ4n) is 2.99. The second-order valence-electron chi connectivity index (χ2n) is 5.60. The van der Waals surface area contributed by atoms with Crippen LogP contribution in [0.5, 0.6) is 0 Å². The first-order valence-corrected chi connectivity index (χ1v) is 7.10. The van der Waals surface area contributed by atoms with Crippen molar-refractivity contribution >= 4 is 18.5 Å². The molecule has 0 spiro atoms. The predicted molar refractivity (Wildman–Crippen MR) is 77.1 cm³/mol. The molecule has 1 aromatic rings. The van der Waals surface area contributed by atoms with Gasteiger partial charge in [0.1, 0.15) is 0 Å². The predicted octanol–water partition coefficient (Wildman–Crippen LogP) is 3.53. The van der Waals surface area contributed by atoms with Crippen molar-refractivity contribution in [2.45, 2.75) is 44.0 Å². The zero-order valence-corrected chi connectivity index (χ0v) is 11.9. The lowest BCUT2D eigenvalue weighted by Gasteiger charge is -2.32. The molecule has 1 saturated carbocycles. The highest BCUT2D eigenvalue weighted by Gasteiger charge is 2.25. The first-order chi connectivity index (χ1) is 8.56. The molecule has 1 amide bonds. The van der Waals surface area contributed by atoms with E-state index in [0.29, 0.717) is 23.4 Å².